The molecule has 0 saturated carbocycles. The highest BCUT2D eigenvalue weighted by Gasteiger charge is 2.39. The van der Waals surface area contributed by atoms with Gasteiger partial charge in [0, 0.05) is 11.1 Å². The Labute approximate surface area is 112 Å². The van der Waals surface area contributed by atoms with Crippen molar-refractivity contribution in [1.29, 1.82) is 0 Å². The number of hydrogen-bond donors (Lipinski definition) is 0. The first-order valence-electron chi connectivity index (χ1n) is 5.50. The number of carbonyl (C=O) groups is 3. The van der Waals surface area contributed by atoms with E-state index in [4.69, 9.17) is 0 Å². The van der Waals surface area contributed by atoms with Crippen molar-refractivity contribution >= 4 is 17.9 Å². The number of carbonyl (C=O) groups excluding carboxylic acids is 3. The Balaban J connectivity index is 2.74. The number of ketones is 2. The third-order valence-corrected chi connectivity index (χ3v) is 2.26. The van der Waals surface area contributed by atoms with Gasteiger partial charge in [0.2, 0.25) is 5.78 Å². The minimum absolute atomic E-state index is 0.00328. The van der Waals surface area contributed by atoms with Crippen LogP contribution in [-0.4, -0.2) is 24.0 Å². The molecule has 0 aromatic heterocycles. The van der Waals surface area contributed by atoms with Crippen LogP contribution in [-0.2, 0) is 9.59 Å². The molecule has 104 valence electrons. The zero-order valence-electron chi connectivity index (χ0n) is 10.2. The summed E-state index contributed by atoms with van der Waals surface area (Å²) in [6.45, 7) is 0. The Morgan fingerprint density at radius 3 is 2.25 bits per heavy atom. The number of aldehydes is 1. The van der Waals surface area contributed by atoms with E-state index in [0.29, 0.717) is 11.8 Å². The molecule has 0 atom stereocenters. The molecule has 0 aliphatic rings. The third kappa shape index (κ3) is 4.69. The molecule has 0 aliphatic heterocycles. The maximum atomic E-state index is 12.0. The van der Waals surface area contributed by atoms with Crippen molar-refractivity contribution in [2.75, 3.05) is 0 Å². The Hall–Kier alpha value is -2.42. The van der Waals surface area contributed by atoms with E-state index in [2.05, 4.69) is 11.8 Å². The summed E-state index contributed by atoms with van der Waals surface area (Å²) in [5, 5.41) is 0. The molecule has 3 nitrogen and oxygen atoms in total. The first-order valence-corrected chi connectivity index (χ1v) is 5.50. The van der Waals surface area contributed by atoms with E-state index in [0.717, 1.165) is 0 Å². The van der Waals surface area contributed by atoms with Gasteiger partial charge in [-0.05, 0) is 12.1 Å². The van der Waals surface area contributed by atoms with Crippen LogP contribution >= 0.6 is 0 Å². The molecule has 1 aromatic carbocycles. The number of benzene rings is 1. The van der Waals surface area contributed by atoms with Crippen molar-refractivity contribution in [3.05, 3.63) is 35.4 Å². The van der Waals surface area contributed by atoms with Crippen LogP contribution in [0.2, 0.25) is 0 Å². The monoisotopic (exact) mass is 282 g/mol. The number of Topliss-reactive ketones (excluding diaryl/α,β-unsaturated/α-hetero) is 2. The van der Waals surface area contributed by atoms with E-state index in [1.165, 1.54) is 24.3 Å². The molecule has 0 spiro atoms. The number of alkyl halides is 3. The molecule has 1 rings (SSSR count). The molecule has 0 amide bonds. The third-order valence-electron chi connectivity index (χ3n) is 2.26. The number of rotatable bonds is 4. The lowest BCUT2D eigenvalue weighted by atomic mass is 10.0. The fourth-order valence-corrected chi connectivity index (χ4v) is 1.28. The normalized spacial score (nSPS) is 10.3. The van der Waals surface area contributed by atoms with Gasteiger partial charge < -0.3 is 4.79 Å². The summed E-state index contributed by atoms with van der Waals surface area (Å²) in [6, 6.07) is 5.44. The predicted octanol–water partition coefficient (Wildman–Crippen LogP) is 2.33. The second-order valence-corrected chi connectivity index (χ2v) is 3.77. The zero-order chi connectivity index (χ0) is 15.2. The van der Waals surface area contributed by atoms with E-state index >= 15 is 0 Å². The van der Waals surface area contributed by atoms with Gasteiger partial charge in [-0.15, -0.1) is 0 Å². The van der Waals surface area contributed by atoms with Crippen molar-refractivity contribution in [2.45, 2.75) is 19.0 Å². The highest BCUT2D eigenvalue weighted by atomic mass is 19.4. The lowest BCUT2D eigenvalue weighted by Crippen LogP contribution is -2.25. The van der Waals surface area contributed by atoms with Gasteiger partial charge in [0.15, 0.2) is 5.78 Å². The Bertz CT molecular complexity index is 574. The molecule has 0 bridgehead atoms. The molecule has 0 unspecified atom stereocenters. The lowest BCUT2D eigenvalue weighted by molar-refractivity contribution is -0.170. The molecule has 1 aromatic rings. The SMILES string of the molecule is O=CCC#Cc1ccc(C(=O)CC(=O)C(F)(F)F)cc1. The van der Waals surface area contributed by atoms with Crippen molar-refractivity contribution in [3.8, 4) is 11.8 Å². The fourth-order valence-electron chi connectivity index (χ4n) is 1.28. The van der Waals surface area contributed by atoms with E-state index in [1.807, 2.05) is 0 Å². The Morgan fingerprint density at radius 1 is 1.15 bits per heavy atom. The van der Waals surface area contributed by atoms with Gasteiger partial charge in [0.05, 0.1) is 12.8 Å². The van der Waals surface area contributed by atoms with Crippen LogP contribution in [0.15, 0.2) is 24.3 Å². The summed E-state index contributed by atoms with van der Waals surface area (Å²) in [5.74, 6) is 2.21. The molecule has 20 heavy (non-hydrogen) atoms. The van der Waals surface area contributed by atoms with E-state index in [1.54, 1.807) is 0 Å². The summed E-state index contributed by atoms with van der Waals surface area (Å²) in [4.78, 5) is 32.2. The molecule has 0 saturated heterocycles. The summed E-state index contributed by atoms with van der Waals surface area (Å²) < 4.78 is 36.0. The topological polar surface area (TPSA) is 51.2 Å². The van der Waals surface area contributed by atoms with Crippen molar-refractivity contribution in [1.82, 2.24) is 0 Å². The van der Waals surface area contributed by atoms with E-state index in [9.17, 15) is 27.6 Å². The molecule has 0 aliphatic carbocycles. The Kier molecular flexibility index (Phi) is 5.21. The van der Waals surface area contributed by atoms with E-state index in [-0.39, 0.29) is 12.0 Å². The highest BCUT2D eigenvalue weighted by molar-refractivity contribution is 6.09. The van der Waals surface area contributed by atoms with Crippen LogP contribution in [0.4, 0.5) is 13.2 Å². The van der Waals surface area contributed by atoms with Gasteiger partial charge >= 0.3 is 6.18 Å². The number of hydrogen-bond acceptors (Lipinski definition) is 3. The maximum absolute atomic E-state index is 12.0. The first-order chi connectivity index (χ1) is 9.34. The standard InChI is InChI=1S/C14H9F3O3/c15-14(16,17)13(20)9-12(19)11-6-4-10(5-7-11)3-1-2-8-18/h4-8H,2,9H2. The van der Waals surface area contributed by atoms with Gasteiger partial charge in [-0.2, -0.15) is 13.2 Å². The van der Waals surface area contributed by atoms with Crippen LogP contribution in [0.3, 0.4) is 0 Å². The maximum Gasteiger partial charge on any atom is 0.450 e. The Morgan fingerprint density at radius 2 is 1.75 bits per heavy atom. The molecule has 6 heteroatoms. The van der Waals surface area contributed by atoms with Crippen LogP contribution < -0.4 is 0 Å². The highest BCUT2D eigenvalue weighted by Crippen LogP contribution is 2.19. The summed E-state index contributed by atoms with van der Waals surface area (Å²) in [5.41, 5.74) is 0.522. The molecule has 0 radical (unpaired) electrons. The molecular formula is C14H9F3O3. The summed E-state index contributed by atoms with van der Waals surface area (Å²) in [7, 11) is 0. The average Bonchev–Trinajstić information content (AvgIpc) is 2.38. The van der Waals surface area contributed by atoms with E-state index < -0.39 is 24.2 Å². The lowest BCUT2D eigenvalue weighted by Gasteiger charge is -2.04. The van der Waals surface area contributed by atoms with Gasteiger partial charge in [-0.3, -0.25) is 9.59 Å². The van der Waals surface area contributed by atoms with Crippen molar-refractivity contribution in [3.63, 3.8) is 0 Å². The minimum atomic E-state index is -5.00. The predicted molar refractivity (Wildman–Crippen MR) is 64.0 cm³/mol. The summed E-state index contributed by atoms with van der Waals surface area (Å²) >= 11 is 0. The van der Waals surface area contributed by atoms with Crippen molar-refractivity contribution in [2.24, 2.45) is 0 Å². The van der Waals surface area contributed by atoms with Crippen LogP contribution in [0.5, 0.6) is 0 Å². The smallest absolute Gasteiger partial charge is 0.302 e. The van der Waals surface area contributed by atoms with Crippen LogP contribution in [0, 0.1) is 11.8 Å². The van der Waals surface area contributed by atoms with Crippen LogP contribution in [0.1, 0.15) is 28.8 Å². The average molecular weight is 282 g/mol. The largest absolute Gasteiger partial charge is 0.450 e. The second kappa shape index (κ2) is 6.66. The van der Waals surface area contributed by atoms with Gasteiger partial charge in [-0.1, -0.05) is 24.0 Å². The fraction of sp³-hybridized carbons (Fsp3) is 0.214. The first kappa shape index (κ1) is 15.6. The second-order valence-electron chi connectivity index (χ2n) is 3.77. The van der Waals surface area contributed by atoms with Gasteiger partial charge in [0.1, 0.15) is 6.29 Å². The molecule has 0 fully saturated rings. The molecular weight excluding hydrogens is 273 g/mol. The zero-order valence-corrected chi connectivity index (χ0v) is 10.2. The quantitative estimate of drug-likeness (QED) is 0.368. The van der Waals surface area contributed by atoms with Crippen LogP contribution in [0.25, 0.3) is 0 Å². The molecule has 0 heterocycles. The van der Waals surface area contributed by atoms with Gasteiger partial charge in [0.25, 0.3) is 0 Å². The number of halogens is 3. The minimum Gasteiger partial charge on any atom is -0.302 e. The molecule has 0 N–H and O–H groups in total. The summed E-state index contributed by atoms with van der Waals surface area (Å²) in [6.07, 6.45) is -5.51. The van der Waals surface area contributed by atoms with Gasteiger partial charge in [-0.25, -0.2) is 0 Å². The van der Waals surface area contributed by atoms with Crippen molar-refractivity contribution < 1.29 is 27.6 Å².